The summed E-state index contributed by atoms with van der Waals surface area (Å²) in [6.45, 7) is 5.63. The Kier molecular flexibility index (Phi) is 5.33. The minimum absolute atomic E-state index is 0.131. The van der Waals surface area contributed by atoms with Crippen LogP contribution in [0.25, 0.3) is 0 Å². The van der Waals surface area contributed by atoms with E-state index < -0.39 is 0 Å². The second kappa shape index (κ2) is 7.22. The number of nitrogens with zero attached hydrogens (tertiary/aromatic N) is 2. The third-order valence-corrected chi connectivity index (χ3v) is 3.85. The van der Waals surface area contributed by atoms with Crippen molar-refractivity contribution in [1.29, 1.82) is 0 Å². The molecule has 0 aromatic heterocycles. The maximum Gasteiger partial charge on any atom is 0.338 e. The molecule has 0 atom stereocenters. The van der Waals surface area contributed by atoms with E-state index in [1.807, 2.05) is 23.1 Å². The molecular weight excluding hydrogens is 268 g/mol. The molecular formula is C16H22N2O3. The number of rotatable bonds is 3. The molecule has 0 spiro atoms. The van der Waals surface area contributed by atoms with E-state index in [1.54, 1.807) is 13.0 Å². The largest absolute Gasteiger partial charge is 0.465 e. The van der Waals surface area contributed by atoms with Gasteiger partial charge in [0.25, 0.3) is 0 Å². The molecule has 0 N–H and O–H groups in total. The number of benzene rings is 1. The Bertz CT molecular complexity index is 516. The van der Waals surface area contributed by atoms with Crippen LogP contribution < -0.4 is 0 Å². The predicted molar refractivity (Wildman–Crippen MR) is 79.9 cm³/mol. The van der Waals surface area contributed by atoms with Crippen LogP contribution in [-0.2, 0) is 16.1 Å². The van der Waals surface area contributed by atoms with E-state index in [1.165, 1.54) is 7.11 Å². The zero-order valence-electron chi connectivity index (χ0n) is 12.7. The quantitative estimate of drug-likeness (QED) is 0.792. The van der Waals surface area contributed by atoms with Gasteiger partial charge < -0.3 is 9.64 Å². The highest BCUT2D eigenvalue weighted by Crippen LogP contribution is 2.14. The van der Waals surface area contributed by atoms with Crippen molar-refractivity contribution in [2.75, 3.05) is 33.3 Å². The molecule has 0 unspecified atom stereocenters. The summed E-state index contributed by atoms with van der Waals surface area (Å²) in [5.74, 6) is -0.169. The maximum atomic E-state index is 11.8. The van der Waals surface area contributed by atoms with Gasteiger partial charge in [-0.05, 0) is 18.1 Å². The van der Waals surface area contributed by atoms with Gasteiger partial charge in [-0.2, -0.15) is 0 Å². The number of methoxy groups -OCH3 is 1. The van der Waals surface area contributed by atoms with Crippen molar-refractivity contribution in [2.45, 2.75) is 19.9 Å². The van der Waals surface area contributed by atoms with Crippen LogP contribution in [0.1, 0.15) is 29.3 Å². The van der Waals surface area contributed by atoms with E-state index in [4.69, 9.17) is 4.74 Å². The monoisotopic (exact) mass is 290 g/mol. The molecule has 1 aromatic rings. The summed E-state index contributed by atoms with van der Waals surface area (Å²) in [4.78, 5) is 27.4. The van der Waals surface area contributed by atoms with Crippen molar-refractivity contribution in [1.82, 2.24) is 9.80 Å². The second-order valence-corrected chi connectivity index (χ2v) is 5.28. The first-order valence-corrected chi connectivity index (χ1v) is 7.26. The van der Waals surface area contributed by atoms with Crippen LogP contribution in [0.15, 0.2) is 24.3 Å². The average Bonchev–Trinajstić information content (AvgIpc) is 2.73. The molecule has 2 rings (SSSR count). The molecule has 1 heterocycles. The van der Waals surface area contributed by atoms with E-state index in [-0.39, 0.29) is 11.9 Å². The minimum Gasteiger partial charge on any atom is -0.465 e. The highest BCUT2D eigenvalue weighted by atomic mass is 16.5. The third-order valence-electron chi connectivity index (χ3n) is 3.85. The minimum atomic E-state index is -0.300. The first kappa shape index (κ1) is 15.5. The van der Waals surface area contributed by atoms with Crippen molar-refractivity contribution in [3.8, 4) is 0 Å². The number of carbonyl (C=O) groups is 2. The molecule has 1 saturated heterocycles. The average molecular weight is 290 g/mol. The smallest absolute Gasteiger partial charge is 0.338 e. The molecule has 21 heavy (non-hydrogen) atoms. The van der Waals surface area contributed by atoms with E-state index in [0.29, 0.717) is 12.1 Å². The van der Waals surface area contributed by atoms with Gasteiger partial charge in [0.05, 0.1) is 12.7 Å². The van der Waals surface area contributed by atoms with Crippen LogP contribution in [0.2, 0.25) is 0 Å². The second-order valence-electron chi connectivity index (χ2n) is 5.28. The molecule has 0 radical (unpaired) electrons. The fourth-order valence-electron chi connectivity index (χ4n) is 2.65. The standard InChI is InChI=1S/C16H22N2O3/c1-13(19)18-9-5-8-17(10-11-18)12-14-6-3-4-7-15(14)16(20)21-2/h3-4,6-7H,5,8-12H2,1-2H3. The molecule has 0 aliphatic carbocycles. The Hall–Kier alpha value is -1.88. The Morgan fingerprint density at radius 1 is 1.14 bits per heavy atom. The number of amides is 1. The summed E-state index contributed by atoms with van der Waals surface area (Å²) in [5.41, 5.74) is 1.59. The third kappa shape index (κ3) is 4.04. The van der Waals surface area contributed by atoms with Crippen molar-refractivity contribution in [3.05, 3.63) is 35.4 Å². The van der Waals surface area contributed by atoms with Crippen LogP contribution >= 0.6 is 0 Å². The lowest BCUT2D eigenvalue weighted by Crippen LogP contribution is -2.33. The lowest BCUT2D eigenvalue weighted by molar-refractivity contribution is -0.128. The van der Waals surface area contributed by atoms with Gasteiger partial charge in [-0.15, -0.1) is 0 Å². The number of carbonyl (C=O) groups excluding carboxylic acids is 2. The summed E-state index contributed by atoms with van der Waals surface area (Å²) >= 11 is 0. The van der Waals surface area contributed by atoms with E-state index in [0.717, 1.165) is 38.2 Å². The predicted octanol–water partition coefficient (Wildman–Crippen LogP) is 1.53. The van der Waals surface area contributed by atoms with Gasteiger partial charge in [0.1, 0.15) is 0 Å². The molecule has 5 heteroatoms. The fraction of sp³-hybridized carbons (Fsp3) is 0.500. The van der Waals surface area contributed by atoms with Crippen LogP contribution in [0.5, 0.6) is 0 Å². The number of hydrogen-bond acceptors (Lipinski definition) is 4. The maximum absolute atomic E-state index is 11.8. The van der Waals surface area contributed by atoms with Crippen LogP contribution in [0.3, 0.4) is 0 Å². The molecule has 5 nitrogen and oxygen atoms in total. The van der Waals surface area contributed by atoms with Gasteiger partial charge in [0, 0.05) is 39.6 Å². The van der Waals surface area contributed by atoms with Gasteiger partial charge in [-0.1, -0.05) is 18.2 Å². The molecule has 114 valence electrons. The van der Waals surface area contributed by atoms with Crippen LogP contribution in [0.4, 0.5) is 0 Å². The van der Waals surface area contributed by atoms with Crippen molar-refractivity contribution in [3.63, 3.8) is 0 Å². The van der Waals surface area contributed by atoms with Crippen LogP contribution in [-0.4, -0.2) is 55.0 Å². The topological polar surface area (TPSA) is 49.9 Å². The lowest BCUT2D eigenvalue weighted by atomic mass is 10.1. The first-order chi connectivity index (χ1) is 10.1. The molecule has 0 saturated carbocycles. The van der Waals surface area contributed by atoms with Crippen LogP contribution in [0, 0.1) is 0 Å². The normalized spacial score (nSPS) is 16.4. The van der Waals surface area contributed by atoms with Crippen molar-refractivity contribution >= 4 is 11.9 Å². The van der Waals surface area contributed by atoms with E-state index >= 15 is 0 Å². The fourth-order valence-corrected chi connectivity index (χ4v) is 2.65. The molecule has 1 aliphatic rings. The number of esters is 1. The number of hydrogen-bond donors (Lipinski definition) is 0. The SMILES string of the molecule is COC(=O)c1ccccc1CN1CCCN(C(C)=O)CC1. The van der Waals surface area contributed by atoms with Gasteiger partial charge in [-0.25, -0.2) is 4.79 Å². The molecule has 1 aliphatic heterocycles. The molecule has 1 aromatic carbocycles. The first-order valence-electron chi connectivity index (χ1n) is 7.26. The summed E-state index contributed by atoms with van der Waals surface area (Å²) in [6, 6.07) is 7.53. The highest BCUT2D eigenvalue weighted by Gasteiger charge is 2.18. The molecule has 1 fully saturated rings. The van der Waals surface area contributed by atoms with Gasteiger partial charge in [0.2, 0.25) is 5.91 Å². The Labute approximate surface area is 125 Å². The Balaban J connectivity index is 2.05. The number of ether oxygens (including phenoxy) is 1. The van der Waals surface area contributed by atoms with Gasteiger partial charge in [-0.3, -0.25) is 9.69 Å². The van der Waals surface area contributed by atoms with E-state index in [9.17, 15) is 9.59 Å². The summed E-state index contributed by atoms with van der Waals surface area (Å²) < 4.78 is 4.83. The van der Waals surface area contributed by atoms with E-state index in [2.05, 4.69) is 4.90 Å². The summed E-state index contributed by atoms with van der Waals surface area (Å²) in [5, 5.41) is 0. The summed E-state index contributed by atoms with van der Waals surface area (Å²) in [7, 11) is 1.40. The van der Waals surface area contributed by atoms with Gasteiger partial charge in [0.15, 0.2) is 0 Å². The zero-order valence-corrected chi connectivity index (χ0v) is 12.7. The molecule has 0 bridgehead atoms. The van der Waals surface area contributed by atoms with Gasteiger partial charge >= 0.3 is 5.97 Å². The van der Waals surface area contributed by atoms with Crippen molar-refractivity contribution < 1.29 is 14.3 Å². The Morgan fingerprint density at radius 3 is 2.62 bits per heavy atom. The zero-order chi connectivity index (χ0) is 15.2. The molecule has 1 amide bonds. The lowest BCUT2D eigenvalue weighted by Gasteiger charge is -2.22. The van der Waals surface area contributed by atoms with Crippen molar-refractivity contribution in [2.24, 2.45) is 0 Å². The highest BCUT2D eigenvalue weighted by molar-refractivity contribution is 5.90. The summed E-state index contributed by atoms with van der Waals surface area (Å²) in [6.07, 6.45) is 0.958. The Morgan fingerprint density at radius 2 is 1.90 bits per heavy atom.